The number of nitrogens with one attached hydrogen (secondary N) is 1. The van der Waals surface area contributed by atoms with Crippen LogP contribution in [-0.2, 0) is 16.4 Å². The van der Waals surface area contributed by atoms with Gasteiger partial charge in [0.2, 0.25) is 0 Å². The van der Waals surface area contributed by atoms with Gasteiger partial charge in [-0.15, -0.1) is 0 Å². The van der Waals surface area contributed by atoms with Crippen molar-refractivity contribution in [3.63, 3.8) is 0 Å². The van der Waals surface area contributed by atoms with Crippen molar-refractivity contribution in [3.05, 3.63) is 53.6 Å². The summed E-state index contributed by atoms with van der Waals surface area (Å²) in [6.45, 7) is 2.57. The first-order valence-corrected chi connectivity index (χ1v) is 8.39. The molecule has 4 nitrogen and oxygen atoms in total. The van der Waals surface area contributed by atoms with Gasteiger partial charge >= 0.3 is 0 Å². The molecule has 1 heterocycles. The highest BCUT2D eigenvalue weighted by Crippen LogP contribution is 2.28. The zero-order valence-corrected chi connectivity index (χ0v) is 12.6. The molecule has 1 aliphatic heterocycles. The molecule has 110 valence electrons. The minimum absolute atomic E-state index is 0.273. The number of aryl methyl sites for hydroxylation is 2. The topological polar surface area (TPSA) is 55.4 Å². The van der Waals surface area contributed by atoms with Crippen LogP contribution in [-0.4, -0.2) is 15.0 Å². The molecule has 0 amide bonds. The van der Waals surface area contributed by atoms with Crippen molar-refractivity contribution in [1.82, 2.24) is 0 Å². The van der Waals surface area contributed by atoms with Crippen LogP contribution in [0.15, 0.2) is 47.4 Å². The molecule has 0 spiro atoms. The number of fused-ring (bicyclic) bond motifs is 1. The van der Waals surface area contributed by atoms with E-state index in [1.807, 2.05) is 25.1 Å². The Bertz CT molecular complexity index is 769. The van der Waals surface area contributed by atoms with Gasteiger partial charge in [-0.1, -0.05) is 18.2 Å². The Morgan fingerprint density at radius 3 is 2.76 bits per heavy atom. The third kappa shape index (κ3) is 2.88. The van der Waals surface area contributed by atoms with E-state index in [-0.39, 0.29) is 4.90 Å². The third-order valence-corrected chi connectivity index (χ3v) is 4.94. The predicted molar refractivity (Wildman–Crippen MR) is 82.2 cm³/mol. The molecule has 0 aliphatic carbocycles. The lowest BCUT2D eigenvalue weighted by Crippen LogP contribution is -2.15. The summed E-state index contributed by atoms with van der Waals surface area (Å²) < 4.78 is 33.1. The molecule has 1 N–H and O–H groups in total. The van der Waals surface area contributed by atoms with Crippen LogP contribution < -0.4 is 9.46 Å². The summed E-state index contributed by atoms with van der Waals surface area (Å²) in [7, 11) is -3.57. The number of rotatable bonds is 3. The Morgan fingerprint density at radius 2 is 1.95 bits per heavy atom. The molecule has 5 heteroatoms. The van der Waals surface area contributed by atoms with Crippen molar-refractivity contribution < 1.29 is 13.2 Å². The zero-order valence-electron chi connectivity index (χ0n) is 11.8. The van der Waals surface area contributed by atoms with E-state index in [0.717, 1.165) is 29.7 Å². The normalized spacial score (nSPS) is 14.1. The van der Waals surface area contributed by atoms with Gasteiger partial charge in [0.25, 0.3) is 10.0 Å². The highest BCUT2D eigenvalue weighted by atomic mass is 32.2. The smallest absolute Gasteiger partial charge is 0.261 e. The van der Waals surface area contributed by atoms with Crippen molar-refractivity contribution in [2.75, 3.05) is 11.3 Å². The standard InChI is InChI=1S/C16H17NO3S/c1-12-5-2-3-7-15(12)17-21(18,19)14-8-9-16-13(11-14)6-4-10-20-16/h2-3,5,7-9,11,17H,4,6,10H2,1H3. The SMILES string of the molecule is Cc1ccccc1NS(=O)(=O)c1ccc2c(c1)CCCO2. The van der Waals surface area contributed by atoms with Crippen molar-refractivity contribution in [2.45, 2.75) is 24.7 Å². The Morgan fingerprint density at radius 1 is 1.14 bits per heavy atom. The van der Waals surface area contributed by atoms with Crippen molar-refractivity contribution in [1.29, 1.82) is 0 Å². The van der Waals surface area contributed by atoms with E-state index < -0.39 is 10.0 Å². The van der Waals surface area contributed by atoms with Crippen LogP contribution in [0.4, 0.5) is 5.69 Å². The molecule has 0 unspecified atom stereocenters. The minimum atomic E-state index is -3.57. The Kier molecular flexibility index (Phi) is 3.59. The van der Waals surface area contributed by atoms with Gasteiger partial charge in [-0.05, 0) is 55.2 Å². The van der Waals surface area contributed by atoms with Gasteiger partial charge < -0.3 is 4.74 Å². The second kappa shape index (κ2) is 5.41. The number of benzene rings is 2. The van der Waals surface area contributed by atoms with Gasteiger partial charge in [0.05, 0.1) is 17.2 Å². The van der Waals surface area contributed by atoms with Gasteiger partial charge in [-0.25, -0.2) is 8.42 Å². The molecule has 0 saturated carbocycles. The lowest BCUT2D eigenvalue weighted by Gasteiger charge is -2.18. The van der Waals surface area contributed by atoms with Crippen LogP contribution in [0.25, 0.3) is 0 Å². The van der Waals surface area contributed by atoms with Gasteiger partial charge in [0, 0.05) is 0 Å². The minimum Gasteiger partial charge on any atom is -0.493 e. The third-order valence-electron chi connectivity index (χ3n) is 3.58. The fourth-order valence-electron chi connectivity index (χ4n) is 2.39. The Labute approximate surface area is 124 Å². The molecule has 0 saturated heterocycles. The monoisotopic (exact) mass is 303 g/mol. The fraction of sp³-hybridized carbons (Fsp3) is 0.250. The highest BCUT2D eigenvalue weighted by Gasteiger charge is 2.19. The van der Waals surface area contributed by atoms with Gasteiger partial charge in [0.1, 0.15) is 5.75 Å². The molecule has 0 fully saturated rings. The zero-order chi connectivity index (χ0) is 14.9. The van der Waals surface area contributed by atoms with Crippen LogP contribution in [0, 0.1) is 6.92 Å². The van der Waals surface area contributed by atoms with E-state index in [4.69, 9.17) is 4.74 Å². The maximum absolute atomic E-state index is 12.5. The summed E-state index contributed by atoms with van der Waals surface area (Å²) >= 11 is 0. The summed E-state index contributed by atoms with van der Waals surface area (Å²) in [4.78, 5) is 0.273. The fourth-order valence-corrected chi connectivity index (χ4v) is 3.58. The predicted octanol–water partition coefficient (Wildman–Crippen LogP) is 3.12. The molecule has 3 rings (SSSR count). The first kappa shape index (κ1) is 13.9. The van der Waals surface area contributed by atoms with Crippen molar-refractivity contribution >= 4 is 15.7 Å². The summed E-state index contributed by atoms with van der Waals surface area (Å²) in [6.07, 6.45) is 1.77. The van der Waals surface area contributed by atoms with Crippen LogP contribution in [0.1, 0.15) is 17.5 Å². The van der Waals surface area contributed by atoms with E-state index in [2.05, 4.69) is 4.72 Å². The molecule has 2 aromatic carbocycles. The van der Waals surface area contributed by atoms with Crippen LogP contribution in [0.3, 0.4) is 0 Å². The van der Waals surface area contributed by atoms with Gasteiger partial charge in [0.15, 0.2) is 0 Å². The highest BCUT2D eigenvalue weighted by molar-refractivity contribution is 7.92. The molecule has 2 aromatic rings. The summed E-state index contributed by atoms with van der Waals surface area (Å²) in [5, 5.41) is 0. The molecule has 0 bridgehead atoms. The quantitative estimate of drug-likeness (QED) is 0.948. The number of sulfonamides is 1. The van der Waals surface area contributed by atoms with Gasteiger partial charge in [-0.2, -0.15) is 0 Å². The van der Waals surface area contributed by atoms with E-state index in [1.165, 1.54) is 0 Å². The average Bonchev–Trinajstić information content (AvgIpc) is 2.49. The van der Waals surface area contributed by atoms with E-state index in [0.29, 0.717) is 12.3 Å². The molecular weight excluding hydrogens is 286 g/mol. The first-order valence-electron chi connectivity index (χ1n) is 6.90. The number of para-hydroxylation sites is 1. The first-order chi connectivity index (χ1) is 10.1. The van der Waals surface area contributed by atoms with Crippen LogP contribution in [0.5, 0.6) is 5.75 Å². The maximum atomic E-state index is 12.5. The molecule has 0 radical (unpaired) electrons. The lowest BCUT2D eigenvalue weighted by atomic mass is 10.1. The second-order valence-corrected chi connectivity index (χ2v) is 6.82. The van der Waals surface area contributed by atoms with Gasteiger partial charge in [-0.3, -0.25) is 4.72 Å². The Hall–Kier alpha value is -2.01. The average molecular weight is 303 g/mol. The number of hydrogen-bond acceptors (Lipinski definition) is 3. The van der Waals surface area contributed by atoms with Crippen molar-refractivity contribution in [2.24, 2.45) is 0 Å². The summed E-state index contributed by atoms with van der Waals surface area (Å²) in [5.41, 5.74) is 2.45. The van der Waals surface area contributed by atoms with Crippen LogP contribution in [0.2, 0.25) is 0 Å². The lowest BCUT2D eigenvalue weighted by molar-refractivity contribution is 0.288. The molecule has 0 aromatic heterocycles. The maximum Gasteiger partial charge on any atom is 0.261 e. The summed E-state index contributed by atoms with van der Waals surface area (Å²) in [6, 6.07) is 12.3. The number of ether oxygens (including phenoxy) is 1. The van der Waals surface area contributed by atoms with E-state index in [1.54, 1.807) is 24.3 Å². The molecule has 0 atom stereocenters. The van der Waals surface area contributed by atoms with E-state index >= 15 is 0 Å². The molecule has 21 heavy (non-hydrogen) atoms. The molecular formula is C16H17NO3S. The molecule has 1 aliphatic rings. The number of anilines is 1. The van der Waals surface area contributed by atoms with Crippen LogP contribution >= 0.6 is 0 Å². The van der Waals surface area contributed by atoms with E-state index in [9.17, 15) is 8.42 Å². The second-order valence-electron chi connectivity index (χ2n) is 5.14. The summed E-state index contributed by atoms with van der Waals surface area (Å²) in [5.74, 6) is 0.788. The number of hydrogen-bond donors (Lipinski definition) is 1. The largest absolute Gasteiger partial charge is 0.493 e. The van der Waals surface area contributed by atoms with Crippen molar-refractivity contribution in [3.8, 4) is 5.75 Å². The Balaban J connectivity index is 1.93.